The van der Waals surface area contributed by atoms with E-state index in [9.17, 15) is 14.4 Å². The molecule has 1 aliphatic heterocycles. The Hall–Kier alpha value is -3.62. The number of hydrogen-bond acceptors (Lipinski definition) is 7. The second kappa shape index (κ2) is 10.3. The van der Waals surface area contributed by atoms with Crippen molar-refractivity contribution in [1.29, 1.82) is 0 Å². The highest BCUT2D eigenvalue weighted by Gasteiger charge is 2.35. The molecule has 2 aromatic rings. The van der Waals surface area contributed by atoms with Crippen LogP contribution in [0.25, 0.3) is 0 Å². The van der Waals surface area contributed by atoms with E-state index in [2.05, 4.69) is 4.98 Å². The zero-order chi connectivity index (χ0) is 24.1. The van der Waals surface area contributed by atoms with E-state index in [1.54, 1.807) is 12.0 Å². The number of benzene rings is 1. The summed E-state index contributed by atoms with van der Waals surface area (Å²) in [6.45, 7) is 5.94. The summed E-state index contributed by atoms with van der Waals surface area (Å²) in [4.78, 5) is 41.4. The van der Waals surface area contributed by atoms with Gasteiger partial charge in [0.05, 0.1) is 24.8 Å². The molecule has 2 atom stereocenters. The molecule has 0 aliphatic carbocycles. The number of aromatic nitrogens is 1. The second-order valence-corrected chi connectivity index (χ2v) is 8.23. The van der Waals surface area contributed by atoms with Gasteiger partial charge in [0.15, 0.2) is 11.5 Å². The third-order valence-electron chi connectivity index (χ3n) is 5.50. The smallest absolute Gasteiger partial charge is 0.356 e. The van der Waals surface area contributed by atoms with Gasteiger partial charge < -0.3 is 24.8 Å². The van der Waals surface area contributed by atoms with Gasteiger partial charge in [-0.2, -0.15) is 0 Å². The molecule has 0 bridgehead atoms. The number of likely N-dealkylation sites (tertiary alicyclic amines) is 1. The van der Waals surface area contributed by atoms with Gasteiger partial charge in [-0.3, -0.25) is 9.59 Å². The first-order valence-corrected chi connectivity index (χ1v) is 10.7. The van der Waals surface area contributed by atoms with Crippen LogP contribution in [0, 0.1) is 0 Å². The zero-order valence-electron chi connectivity index (χ0n) is 19.2. The third-order valence-corrected chi connectivity index (χ3v) is 5.50. The van der Waals surface area contributed by atoms with E-state index in [0.29, 0.717) is 24.5 Å². The fourth-order valence-corrected chi connectivity index (χ4v) is 3.90. The molecule has 1 saturated heterocycles. The van der Waals surface area contributed by atoms with Gasteiger partial charge in [0, 0.05) is 25.6 Å². The zero-order valence-corrected chi connectivity index (χ0v) is 19.2. The Morgan fingerprint density at radius 2 is 1.94 bits per heavy atom. The Morgan fingerprint density at radius 3 is 2.52 bits per heavy atom. The van der Waals surface area contributed by atoms with E-state index in [0.717, 1.165) is 5.56 Å². The van der Waals surface area contributed by atoms with Crippen LogP contribution in [-0.4, -0.2) is 60.1 Å². The summed E-state index contributed by atoms with van der Waals surface area (Å²) < 4.78 is 16.7. The van der Waals surface area contributed by atoms with Gasteiger partial charge in [-0.1, -0.05) is 6.07 Å². The van der Waals surface area contributed by atoms with E-state index >= 15 is 0 Å². The van der Waals surface area contributed by atoms with Crippen molar-refractivity contribution >= 4 is 17.8 Å². The van der Waals surface area contributed by atoms with E-state index in [-0.39, 0.29) is 41.8 Å². The molecule has 1 aromatic carbocycles. The maximum absolute atomic E-state index is 12.4. The Balaban J connectivity index is 1.70. The van der Waals surface area contributed by atoms with Gasteiger partial charge in [0.25, 0.3) is 0 Å². The lowest BCUT2D eigenvalue weighted by Gasteiger charge is -2.22. The lowest BCUT2D eigenvalue weighted by atomic mass is 9.96. The summed E-state index contributed by atoms with van der Waals surface area (Å²) in [6, 6.07) is 8.31. The van der Waals surface area contributed by atoms with Crippen LogP contribution < -0.4 is 15.2 Å². The average molecular weight is 456 g/mol. The highest BCUT2D eigenvalue weighted by molar-refractivity contribution is 5.93. The fraction of sp³-hybridized carbons (Fsp3) is 0.417. The van der Waals surface area contributed by atoms with Crippen molar-refractivity contribution in [1.82, 2.24) is 9.88 Å². The number of hydrogen-bond donors (Lipinski definition) is 1. The van der Waals surface area contributed by atoms with Crippen LogP contribution >= 0.6 is 0 Å². The normalized spacial score (nSPS) is 17.7. The van der Waals surface area contributed by atoms with Crippen molar-refractivity contribution < 1.29 is 28.6 Å². The number of esters is 1. The highest BCUT2D eigenvalue weighted by atomic mass is 16.5. The SMILES string of the molecule is COc1ccc([C@@H]2C[C@H](COC(=O)c3ccc(C(N)=O)cn3)N(C(C)=O)C2)cc1OC(C)C. The number of carbonyl (C=O) groups excluding carboxylic acids is 3. The number of ether oxygens (including phenoxy) is 3. The maximum Gasteiger partial charge on any atom is 0.356 e. The van der Waals surface area contributed by atoms with Crippen molar-refractivity contribution in [2.75, 3.05) is 20.3 Å². The third kappa shape index (κ3) is 5.79. The molecule has 1 aromatic heterocycles. The summed E-state index contributed by atoms with van der Waals surface area (Å²) in [6.07, 6.45) is 1.85. The number of primary amides is 1. The number of rotatable bonds is 8. The molecule has 1 aliphatic rings. The summed E-state index contributed by atoms with van der Waals surface area (Å²) in [7, 11) is 1.59. The topological polar surface area (TPSA) is 121 Å². The minimum atomic E-state index is -0.630. The van der Waals surface area contributed by atoms with Crippen molar-refractivity contribution in [3.05, 3.63) is 53.3 Å². The molecule has 0 saturated carbocycles. The van der Waals surface area contributed by atoms with E-state index in [4.69, 9.17) is 19.9 Å². The Bertz CT molecular complexity index is 1020. The molecular weight excluding hydrogens is 426 g/mol. The van der Waals surface area contributed by atoms with Gasteiger partial charge in [0.1, 0.15) is 12.3 Å². The number of pyridine rings is 1. The minimum Gasteiger partial charge on any atom is -0.493 e. The summed E-state index contributed by atoms with van der Waals surface area (Å²) in [5, 5.41) is 0. The van der Waals surface area contributed by atoms with Crippen molar-refractivity contribution in [2.45, 2.75) is 45.3 Å². The summed E-state index contributed by atoms with van der Waals surface area (Å²) in [5.74, 6) is 0.0154. The van der Waals surface area contributed by atoms with Gasteiger partial charge in [-0.25, -0.2) is 9.78 Å². The minimum absolute atomic E-state index is 0.00995. The standard InChI is InChI=1S/C24H29N3O6/c1-14(2)33-22-10-16(6-8-21(22)31-4)18-9-19(27(12-18)15(3)28)13-32-24(30)20-7-5-17(11-26-20)23(25)29/h5-8,10-11,14,18-19H,9,12-13H2,1-4H3,(H2,25,29)/t18-,19-/m1/s1. The highest BCUT2D eigenvalue weighted by Crippen LogP contribution is 2.37. The Kier molecular flexibility index (Phi) is 7.52. The van der Waals surface area contributed by atoms with Crippen LogP contribution in [0.1, 0.15) is 59.5 Å². The predicted molar refractivity (Wildman–Crippen MR) is 120 cm³/mol. The molecule has 2 amide bonds. The van der Waals surface area contributed by atoms with Gasteiger partial charge in [0.2, 0.25) is 11.8 Å². The van der Waals surface area contributed by atoms with Crippen molar-refractivity contribution in [3.8, 4) is 11.5 Å². The lowest BCUT2D eigenvalue weighted by Crippen LogP contribution is -2.37. The number of nitrogens with two attached hydrogens (primary N) is 1. The monoisotopic (exact) mass is 455 g/mol. The first-order chi connectivity index (χ1) is 15.7. The van der Waals surface area contributed by atoms with Crippen LogP contribution in [-0.2, 0) is 9.53 Å². The first-order valence-electron chi connectivity index (χ1n) is 10.7. The molecule has 1 fully saturated rings. The second-order valence-electron chi connectivity index (χ2n) is 8.23. The van der Waals surface area contributed by atoms with Gasteiger partial charge >= 0.3 is 5.97 Å². The number of nitrogens with zero attached hydrogens (tertiary/aromatic N) is 2. The fourth-order valence-electron chi connectivity index (χ4n) is 3.90. The summed E-state index contributed by atoms with van der Waals surface area (Å²) in [5.41, 5.74) is 6.48. The molecule has 0 spiro atoms. The molecule has 2 heterocycles. The van der Waals surface area contributed by atoms with Crippen LogP contribution in [0.4, 0.5) is 0 Å². The van der Waals surface area contributed by atoms with Crippen LogP contribution in [0.3, 0.4) is 0 Å². The largest absolute Gasteiger partial charge is 0.493 e. The molecule has 0 unspecified atom stereocenters. The van der Waals surface area contributed by atoms with Crippen LogP contribution in [0.5, 0.6) is 11.5 Å². The number of carbonyl (C=O) groups is 3. The molecule has 3 rings (SSSR count). The quantitative estimate of drug-likeness (QED) is 0.607. The summed E-state index contributed by atoms with van der Waals surface area (Å²) >= 11 is 0. The first kappa shape index (κ1) is 24.0. The molecule has 2 N–H and O–H groups in total. The molecule has 9 nitrogen and oxygen atoms in total. The Morgan fingerprint density at radius 1 is 1.18 bits per heavy atom. The maximum atomic E-state index is 12.4. The lowest BCUT2D eigenvalue weighted by molar-refractivity contribution is -0.130. The molecular formula is C24H29N3O6. The predicted octanol–water partition coefficient (Wildman–Crippen LogP) is 2.54. The number of methoxy groups -OCH3 is 1. The molecule has 176 valence electrons. The van der Waals surface area contributed by atoms with E-state index < -0.39 is 11.9 Å². The van der Waals surface area contributed by atoms with E-state index in [1.807, 2.05) is 32.0 Å². The Labute approximate surface area is 192 Å². The molecule has 9 heteroatoms. The average Bonchev–Trinajstić information content (AvgIpc) is 3.21. The van der Waals surface area contributed by atoms with Gasteiger partial charge in [-0.05, 0) is 50.1 Å². The molecule has 0 radical (unpaired) electrons. The van der Waals surface area contributed by atoms with Crippen LogP contribution in [0.15, 0.2) is 36.5 Å². The number of amides is 2. The van der Waals surface area contributed by atoms with Gasteiger partial charge in [-0.15, -0.1) is 0 Å². The van der Waals surface area contributed by atoms with Crippen molar-refractivity contribution in [2.24, 2.45) is 5.73 Å². The van der Waals surface area contributed by atoms with E-state index in [1.165, 1.54) is 25.3 Å². The molecule has 33 heavy (non-hydrogen) atoms. The van der Waals surface area contributed by atoms with Crippen LogP contribution in [0.2, 0.25) is 0 Å². The van der Waals surface area contributed by atoms with Crippen molar-refractivity contribution in [3.63, 3.8) is 0 Å².